The van der Waals surface area contributed by atoms with Gasteiger partial charge in [-0.15, -0.1) is 0 Å². The zero-order valence-electron chi connectivity index (χ0n) is 12.6. The largest absolute Gasteiger partial charge is 0.481 e. The number of carboxylic acid groups (broad SMARTS) is 1. The summed E-state index contributed by atoms with van der Waals surface area (Å²) in [6.45, 7) is 4.13. The van der Waals surface area contributed by atoms with Crippen molar-refractivity contribution in [2.24, 2.45) is 17.8 Å². The smallest absolute Gasteiger partial charge is 0.307 e. The Kier molecular flexibility index (Phi) is 4.99. The molecular formula is C17H23NO3. The summed E-state index contributed by atoms with van der Waals surface area (Å²) in [5.41, 5.74) is 1.98. The van der Waals surface area contributed by atoms with Gasteiger partial charge in [0.25, 0.3) is 0 Å². The number of hydrogen-bond donors (Lipinski definition) is 2. The van der Waals surface area contributed by atoms with Gasteiger partial charge in [-0.25, -0.2) is 0 Å². The van der Waals surface area contributed by atoms with E-state index in [9.17, 15) is 14.7 Å². The molecule has 1 saturated carbocycles. The molecule has 21 heavy (non-hydrogen) atoms. The van der Waals surface area contributed by atoms with E-state index in [0.29, 0.717) is 12.8 Å². The van der Waals surface area contributed by atoms with Gasteiger partial charge in [0.15, 0.2) is 0 Å². The number of carbonyl (C=O) groups excluding carboxylic acids is 1. The quantitative estimate of drug-likeness (QED) is 0.873. The Balaban J connectivity index is 2.01. The van der Waals surface area contributed by atoms with Gasteiger partial charge in [0, 0.05) is 5.69 Å². The number of amides is 1. The lowest BCUT2D eigenvalue weighted by molar-refractivity contribution is -0.145. The molecule has 3 atom stereocenters. The molecule has 4 nitrogen and oxygen atoms in total. The summed E-state index contributed by atoms with van der Waals surface area (Å²) in [7, 11) is 0. The van der Waals surface area contributed by atoms with Gasteiger partial charge in [-0.2, -0.15) is 0 Å². The highest BCUT2D eigenvalue weighted by atomic mass is 16.4. The molecule has 1 amide bonds. The van der Waals surface area contributed by atoms with Crippen molar-refractivity contribution < 1.29 is 14.7 Å². The molecule has 2 rings (SSSR count). The van der Waals surface area contributed by atoms with Crippen molar-refractivity contribution in [2.75, 3.05) is 5.32 Å². The molecule has 0 radical (unpaired) electrons. The van der Waals surface area contributed by atoms with E-state index < -0.39 is 17.8 Å². The summed E-state index contributed by atoms with van der Waals surface area (Å²) in [5.74, 6) is -1.73. The van der Waals surface area contributed by atoms with Crippen molar-refractivity contribution in [3.8, 4) is 0 Å². The summed E-state index contributed by atoms with van der Waals surface area (Å²) in [4.78, 5) is 23.6. The second kappa shape index (κ2) is 6.74. The van der Waals surface area contributed by atoms with Crippen LogP contribution in [0.5, 0.6) is 0 Å². The molecule has 0 bridgehead atoms. The van der Waals surface area contributed by atoms with Gasteiger partial charge in [-0.05, 0) is 42.9 Å². The van der Waals surface area contributed by atoms with Crippen LogP contribution in [0.15, 0.2) is 24.3 Å². The Morgan fingerprint density at radius 1 is 1.19 bits per heavy atom. The monoisotopic (exact) mass is 289 g/mol. The molecule has 1 aromatic rings. The predicted molar refractivity (Wildman–Crippen MR) is 82.1 cm³/mol. The van der Waals surface area contributed by atoms with Crippen molar-refractivity contribution in [3.63, 3.8) is 0 Å². The standard InChI is InChI=1S/C17H23NO3/c1-3-4-12-5-7-13(8-6-12)18-16(19)14-9-11(2)10-15(14)17(20)21/h5-8,11,14-15H,3-4,9-10H2,1-2H3,(H,18,19)(H,20,21)/t11?,14-,15+/m0/s1. The third-order valence-corrected chi connectivity index (χ3v) is 4.21. The van der Waals surface area contributed by atoms with Gasteiger partial charge in [0.05, 0.1) is 11.8 Å². The minimum absolute atomic E-state index is 0.171. The predicted octanol–water partition coefficient (Wildman–Crippen LogP) is 3.32. The first-order valence-electron chi connectivity index (χ1n) is 7.63. The summed E-state index contributed by atoms with van der Waals surface area (Å²) < 4.78 is 0. The van der Waals surface area contributed by atoms with E-state index in [1.807, 2.05) is 31.2 Å². The summed E-state index contributed by atoms with van der Waals surface area (Å²) >= 11 is 0. The van der Waals surface area contributed by atoms with Crippen LogP contribution in [0.25, 0.3) is 0 Å². The van der Waals surface area contributed by atoms with Gasteiger partial charge in [-0.1, -0.05) is 32.4 Å². The van der Waals surface area contributed by atoms with Crippen LogP contribution in [-0.4, -0.2) is 17.0 Å². The average molecular weight is 289 g/mol. The lowest BCUT2D eigenvalue weighted by Crippen LogP contribution is -2.29. The molecule has 1 unspecified atom stereocenters. The van der Waals surface area contributed by atoms with Crippen LogP contribution in [0.3, 0.4) is 0 Å². The van der Waals surface area contributed by atoms with Crippen LogP contribution < -0.4 is 5.32 Å². The minimum Gasteiger partial charge on any atom is -0.481 e. The van der Waals surface area contributed by atoms with Crippen molar-refractivity contribution in [1.29, 1.82) is 0 Å². The zero-order chi connectivity index (χ0) is 15.4. The van der Waals surface area contributed by atoms with Crippen LogP contribution >= 0.6 is 0 Å². The SMILES string of the molecule is CCCc1ccc(NC(=O)[C@H]2CC(C)C[C@H]2C(=O)O)cc1. The summed E-state index contributed by atoms with van der Waals surface area (Å²) in [5, 5.41) is 12.1. The number of anilines is 1. The van der Waals surface area contributed by atoms with Crippen LogP contribution in [0.2, 0.25) is 0 Å². The third-order valence-electron chi connectivity index (χ3n) is 4.21. The number of carboxylic acids is 1. The van der Waals surface area contributed by atoms with Gasteiger partial charge < -0.3 is 10.4 Å². The Morgan fingerprint density at radius 2 is 1.81 bits per heavy atom. The van der Waals surface area contributed by atoms with E-state index in [1.165, 1.54) is 5.56 Å². The molecule has 1 aromatic carbocycles. The fourth-order valence-electron chi connectivity index (χ4n) is 3.13. The van der Waals surface area contributed by atoms with Crippen molar-refractivity contribution in [2.45, 2.75) is 39.5 Å². The highest BCUT2D eigenvalue weighted by molar-refractivity contribution is 5.95. The molecule has 0 heterocycles. The van der Waals surface area contributed by atoms with Crippen LogP contribution in [0, 0.1) is 17.8 Å². The van der Waals surface area contributed by atoms with Gasteiger partial charge in [0.1, 0.15) is 0 Å². The number of benzene rings is 1. The van der Waals surface area contributed by atoms with E-state index in [-0.39, 0.29) is 11.8 Å². The van der Waals surface area contributed by atoms with E-state index in [0.717, 1.165) is 18.5 Å². The number of aryl methyl sites for hydroxylation is 1. The maximum atomic E-state index is 12.3. The number of hydrogen-bond acceptors (Lipinski definition) is 2. The molecule has 0 aromatic heterocycles. The topological polar surface area (TPSA) is 66.4 Å². The number of carbonyl (C=O) groups is 2. The molecule has 1 aliphatic carbocycles. The first-order chi connectivity index (χ1) is 10.0. The fourth-order valence-corrected chi connectivity index (χ4v) is 3.13. The maximum Gasteiger partial charge on any atom is 0.307 e. The molecule has 1 aliphatic rings. The Bertz CT molecular complexity index is 509. The first-order valence-corrected chi connectivity index (χ1v) is 7.63. The zero-order valence-corrected chi connectivity index (χ0v) is 12.6. The molecule has 0 saturated heterocycles. The average Bonchev–Trinajstić information content (AvgIpc) is 2.84. The highest BCUT2D eigenvalue weighted by Gasteiger charge is 2.41. The number of nitrogens with one attached hydrogen (secondary N) is 1. The normalized spacial score (nSPS) is 24.8. The molecule has 0 spiro atoms. The van der Waals surface area contributed by atoms with Gasteiger partial charge in [-0.3, -0.25) is 9.59 Å². The lowest BCUT2D eigenvalue weighted by atomic mass is 9.95. The molecular weight excluding hydrogens is 266 g/mol. The maximum absolute atomic E-state index is 12.3. The fraction of sp³-hybridized carbons (Fsp3) is 0.529. The summed E-state index contributed by atoms with van der Waals surface area (Å²) in [6, 6.07) is 7.78. The second-order valence-corrected chi connectivity index (χ2v) is 6.06. The van der Waals surface area contributed by atoms with Crippen molar-refractivity contribution >= 4 is 17.6 Å². The van der Waals surface area contributed by atoms with E-state index in [1.54, 1.807) is 0 Å². The number of aliphatic carboxylic acids is 1. The van der Waals surface area contributed by atoms with Crippen LogP contribution in [-0.2, 0) is 16.0 Å². The van der Waals surface area contributed by atoms with Crippen molar-refractivity contribution in [3.05, 3.63) is 29.8 Å². The Morgan fingerprint density at radius 3 is 2.38 bits per heavy atom. The van der Waals surface area contributed by atoms with Crippen molar-refractivity contribution in [1.82, 2.24) is 0 Å². The lowest BCUT2D eigenvalue weighted by Gasteiger charge is -2.15. The summed E-state index contributed by atoms with van der Waals surface area (Å²) in [6.07, 6.45) is 3.35. The molecule has 114 valence electrons. The van der Waals surface area contributed by atoms with E-state index >= 15 is 0 Å². The Labute approximate surface area is 125 Å². The number of rotatable bonds is 5. The van der Waals surface area contributed by atoms with E-state index in [4.69, 9.17) is 0 Å². The third kappa shape index (κ3) is 3.84. The van der Waals surface area contributed by atoms with Crippen LogP contribution in [0.4, 0.5) is 5.69 Å². The van der Waals surface area contributed by atoms with Gasteiger partial charge >= 0.3 is 5.97 Å². The van der Waals surface area contributed by atoms with Gasteiger partial charge in [0.2, 0.25) is 5.91 Å². The first kappa shape index (κ1) is 15.5. The second-order valence-electron chi connectivity index (χ2n) is 6.06. The van der Waals surface area contributed by atoms with Crippen LogP contribution in [0.1, 0.15) is 38.7 Å². The minimum atomic E-state index is -0.863. The molecule has 1 fully saturated rings. The highest BCUT2D eigenvalue weighted by Crippen LogP contribution is 2.37. The molecule has 2 N–H and O–H groups in total. The Hall–Kier alpha value is -1.84. The molecule has 4 heteroatoms. The van der Waals surface area contributed by atoms with E-state index in [2.05, 4.69) is 12.2 Å². The molecule has 0 aliphatic heterocycles.